The van der Waals surface area contributed by atoms with Crippen LogP contribution in [0.1, 0.15) is 13.3 Å². The van der Waals surface area contributed by atoms with Crippen molar-refractivity contribution in [2.75, 3.05) is 25.4 Å². The Morgan fingerprint density at radius 1 is 1.39 bits per heavy atom. The fourth-order valence-electron chi connectivity index (χ4n) is 1.54. The summed E-state index contributed by atoms with van der Waals surface area (Å²) in [6, 6.07) is 3.79. The number of rotatable bonds is 6. The highest BCUT2D eigenvalue weighted by molar-refractivity contribution is 7.89. The maximum atomic E-state index is 12.2. The molecule has 0 heterocycles. The van der Waals surface area contributed by atoms with Crippen LogP contribution in [0.5, 0.6) is 5.75 Å². The van der Waals surface area contributed by atoms with Gasteiger partial charge in [-0.05, 0) is 24.6 Å². The van der Waals surface area contributed by atoms with Crippen molar-refractivity contribution < 1.29 is 18.6 Å². The Kier molecular flexibility index (Phi) is 4.94. The molecule has 102 valence electrons. The van der Waals surface area contributed by atoms with Gasteiger partial charge in [0.2, 0.25) is 10.0 Å². The van der Waals surface area contributed by atoms with Gasteiger partial charge in [-0.3, -0.25) is 0 Å². The molecule has 0 aliphatic rings. The lowest BCUT2D eigenvalue weighted by Crippen LogP contribution is -2.32. The van der Waals surface area contributed by atoms with Crippen molar-refractivity contribution in [3.8, 4) is 5.75 Å². The minimum absolute atomic E-state index is 0.0225. The summed E-state index contributed by atoms with van der Waals surface area (Å²) in [5.41, 5.74) is 5.51. The molecule has 0 saturated heterocycles. The van der Waals surface area contributed by atoms with Gasteiger partial charge in [-0.2, -0.15) is 4.31 Å². The van der Waals surface area contributed by atoms with Crippen LogP contribution in [0.25, 0.3) is 0 Å². The number of aliphatic hydroxyl groups is 1. The highest BCUT2D eigenvalue weighted by atomic mass is 32.2. The molecule has 0 aliphatic heterocycles. The number of aromatic hydroxyl groups is 1. The summed E-state index contributed by atoms with van der Waals surface area (Å²) < 4.78 is 25.7. The first kappa shape index (κ1) is 14.7. The van der Waals surface area contributed by atoms with Crippen LogP contribution in [0.4, 0.5) is 5.69 Å². The fourth-order valence-corrected chi connectivity index (χ4v) is 3.06. The summed E-state index contributed by atoms with van der Waals surface area (Å²) in [5.74, 6) is -0.146. The number of hydrogen-bond acceptors (Lipinski definition) is 5. The zero-order valence-corrected chi connectivity index (χ0v) is 11.0. The van der Waals surface area contributed by atoms with E-state index in [-0.39, 0.29) is 29.5 Å². The van der Waals surface area contributed by atoms with Crippen LogP contribution < -0.4 is 5.73 Å². The van der Waals surface area contributed by atoms with Crippen molar-refractivity contribution in [2.24, 2.45) is 0 Å². The Labute approximate surface area is 107 Å². The first-order chi connectivity index (χ1) is 8.43. The first-order valence-corrected chi connectivity index (χ1v) is 7.07. The van der Waals surface area contributed by atoms with E-state index >= 15 is 0 Å². The first-order valence-electron chi connectivity index (χ1n) is 5.63. The molecule has 0 saturated carbocycles. The maximum Gasteiger partial charge on any atom is 0.243 e. The highest BCUT2D eigenvalue weighted by Crippen LogP contribution is 2.25. The Morgan fingerprint density at radius 3 is 2.56 bits per heavy atom. The maximum absolute atomic E-state index is 12.2. The van der Waals surface area contributed by atoms with Crippen molar-refractivity contribution in [1.82, 2.24) is 4.31 Å². The molecule has 0 radical (unpaired) electrons. The monoisotopic (exact) mass is 274 g/mol. The summed E-state index contributed by atoms with van der Waals surface area (Å²) in [4.78, 5) is 0.0394. The van der Waals surface area contributed by atoms with Crippen molar-refractivity contribution in [3.05, 3.63) is 18.2 Å². The number of nitrogens with two attached hydrogens (primary N) is 1. The molecule has 1 rings (SSSR count). The third-order valence-corrected chi connectivity index (χ3v) is 4.53. The number of sulfonamides is 1. The molecule has 0 amide bonds. The standard InChI is InChI=1S/C11H18N2O4S/c1-2-13(6-3-7-14)18(16,17)9-4-5-11(15)10(12)8-9/h4-5,8,14-15H,2-3,6-7,12H2,1H3. The second-order valence-electron chi connectivity index (χ2n) is 3.79. The van der Waals surface area contributed by atoms with Crippen LogP contribution in [-0.4, -0.2) is 42.6 Å². The average Bonchev–Trinajstić information content (AvgIpc) is 2.33. The molecule has 7 heteroatoms. The average molecular weight is 274 g/mol. The molecule has 0 bridgehead atoms. The van der Waals surface area contributed by atoms with Gasteiger partial charge in [-0.25, -0.2) is 8.42 Å². The van der Waals surface area contributed by atoms with Gasteiger partial charge in [0.25, 0.3) is 0 Å². The van der Waals surface area contributed by atoms with E-state index in [2.05, 4.69) is 0 Å². The lowest BCUT2D eigenvalue weighted by molar-refractivity contribution is 0.271. The van der Waals surface area contributed by atoms with Crippen LogP contribution in [0, 0.1) is 0 Å². The molecule has 0 fully saturated rings. The molecule has 0 spiro atoms. The number of phenols is 1. The molecule has 1 aromatic carbocycles. The highest BCUT2D eigenvalue weighted by Gasteiger charge is 2.23. The lowest BCUT2D eigenvalue weighted by atomic mass is 10.3. The second-order valence-corrected chi connectivity index (χ2v) is 5.73. The van der Waals surface area contributed by atoms with Gasteiger partial charge in [0.05, 0.1) is 10.6 Å². The Bertz CT molecular complexity index is 502. The van der Waals surface area contributed by atoms with E-state index in [0.717, 1.165) is 0 Å². The van der Waals surface area contributed by atoms with E-state index in [0.29, 0.717) is 13.0 Å². The summed E-state index contributed by atoms with van der Waals surface area (Å²) in [6.45, 7) is 2.21. The van der Waals surface area contributed by atoms with Crippen LogP contribution in [0.15, 0.2) is 23.1 Å². The molecule has 1 aromatic rings. The minimum Gasteiger partial charge on any atom is -0.506 e. The van der Waals surface area contributed by atoms with E-state index in [4.69, 9.17) is 10.8 Å². The fraction of sp³-hybridized carbons (Fsp3) is 0.455. The van der Waals surface area contributed by atoms with Gasteiger partial charge in [0.1, 0.15) is 5.75 Å². The van der Waals surface area contributed by atoms with Gasteiger partial charge in [-0.1, -0.05) is 6.92 Å². The topological polar surface area (TPSA) is 104 Å². The molecule has 0 aromatic heterocycles. The van der Waals surface area contributed by atoms with E-state index in [1.165, 1.54) is 22.5 Å². The van der Waals surface area contributed by atoms with Crippen molar-refractivity contribution in [1.29, 1.82) is 0 Å². The van der Waals surface area contributed by atoms with Gasteiger partial charge in [0, 0.05) is 19.7 Å². The van der Waals surface area contributed by atoms with E-state index in [1.807, 2.05) is 0 Å². The van der Waals surface area contributed by atoms with E-state index in [9.17, 15) is 13.5 Å². The van der Waals surface area contributed by atoms with Gasteiger partial charge < -0.3 is 15.9 Å². The molecular formula is C11H18N2O4S. The van der Waals surface area contributed by atoms with Gasteiger partial charge in [-0.15, -0.1) is 0 Å². The van der Waals surface area contributed by atoms with Crippen molar-refractivity contribution in [2.45, 2.75) is 18.2 Å². The van der Waals surface area contributed by atoms with Crippen LogP contribution in [0.3, 0.4) is 0 Å². The molecular weight excluding hydrogens is 256 g/mol. The van der Waals surface area contributed by atoms with Crippen LogP contribution >= 0.6 is 0 Å². The summed E-state index contributed by atoms with van der Waals surface area (Å²) in [6.07, 6.45) is 0.376. The molecule has 6 nitrogen and oxygen atoms in total. The Hall–Kier alpha value is -1.31. The second kappa shape index (κ2) is 6.03. The van der Waals surface area contributed by atoms with E-state index in [1.54, 1.807) is 6.92 Å². The summed E-state index contributed by atoms with van der Waals surface area (Å²) >= 11 is 0. The SMILES string of the molecule is CCN(CCCO)S(=O)(=O)c1ccc(O)c(N)c1. The number of anilines is 1. The molecule has 0 aliphatic carbocycles. The Morgan fingerprint density at radius 2 is 2.06 bits per heavy atom. The van der Waals surface area contributed by atoms with E-state index < -0.39 is 10.0 Å². The quantitative estimate of drug-likeness (QED) is 0.513. The van der Waals surface area contributed by atoms with Crippen molar-refractivity contribution in [3.63, 3.8) is 0 Å². The largest absolute Gasteiger partial charge is 0.506 e. The third-order valence-electron chi connectivity index (χ3n) is 2.56. The predicted molar refractivity (Wildman–Crippen MR) is 68.7 cm³/mol. The molecule has 0 unspecified atom stereocenters. The minimum atomic E-state index is -3.63. The van der Waals surface area contributed by atoms with Crippen molar-refractivity contribution >= 4 is 15.7 Å². The molecule has 0 atom stereocenters. The number of nitrogen functional groups attached to an aromatic ring is 1. The molecule has 18 heavy (non-hydrogen) atoms. The third kappa shape index (κ3) is 3.12. The van der Waals surface area contributed by atoms with Crippen LogP contribution in [-0.2, 0) is 10.0 Å². The van der Waals surface area contributed by atoms with Gasteiger partial charge >= 0.3 is 0 Å². The molecule has 4 N–H and O–H groups in total. The number of phenolic OH excluding ortho intramolecular Hbond substituents is 1. The zero-order valence-electron chi connectivity index (χ0n) is 10.2. The van der Waals surface area contributed by atoms with Gasteiger partial charge in [0.15, 0.2) is 0 Å². The van der Waals surface area contributed by atoms with Crippen LogP contribution in [0.2, 0.25) is 0 Å². The number of aliphatic hydroxyl groups excluding tert-OH is 1. The summed E-state index contributed by atoms with van der Waals surface area (Å²) in [5, 5.41) is 18.0. The lowest BCUT2D eigenvalue weighted by Gasteiger charge is -2.20. The zero-order chi connectivity index (χ0) is 13.8. The smallest absolute Gasteiger partial charge is 0.243 e. The number of hydrogen-bond donors (Lipinski definition) is 3. The Balaban J connectivity index is 3.06. The predicted octanol–water partition coefficient (Wildman–Crippen LogP) is 0.367. The number of nitrogens with zero attached hydrogens (tertiary/aromatic N) is 1. The normalized spacial score (nSPS) is 11.9. The summed E-state index contributed by atoms with van der Waals surface area (Å²) in [7, 11) is -3.63. The number of benzene rings is 1.